The lowest BCUT2D eigenvalue weighted by molar-refractivity contribution is 0.0520. The first kappa shape index (κ1) is 16.5. The molecule has 3 rings (SSSR count). The summed E-state index contributed by atoms with van der Waals surface area (Å²) in [5.41, 5.74) is 2.10. The number of nitrogens with one attached hydrogen (secondary N) is 2. The zero-order valence-corrected chi connectivity index (χ0v) is 14.8. The number of ether oxygens (including phenoxy) is 1. The summed E-state index contributed by atoms with van der Waals surface area (Å²) >= 11 is 1.14. The molecule has 0 spiro atoms. The fourth-order valence-corrected chi connectivity index (χ4v) is 4.46. The number of anilines is 1. The lowest BCUT2D eigenvalue weighted by Crippen LogP contribution is -2.12. The van der Waals surface area contributed by atoms with Crippen molar-refractivity contribution in [2.24, 2.45) is 0 Å². The minimum Gasteiger partial charge on any atom is -0.461 e. The maximum absolute atomic E-state index is 12.5. The van der Waals surface area contributed by atoms with Crippen LogP contribution in [0.1, 0.15) is 23.0 Å². The number of benzene rings is 1. The van der Waals surface area contributed by atoms with Gasteiger partial charge in [0.2, 0.25) is 0 Å². The van der Waals surface area contributed by atoms with Crippen LogP contribution in [0.25, 0.3) is 10.9 Å². The van der Waals surface area contributed by atoms with Gasteiger partial charge < -0.3 is 9.72 Å². The molecule has 2 aromatic heterocycles. The molecule has 0 radical (unpaired) electrons. The standard InChI is InChI=1S/C16H16N2O4S2/c1-3-22-16(19)13-9-11-7-10(2)8-12(15(11)17-13)18-24(20,21)14-5-4-6-23-14/h4-9,17-18H,3H2,1-2H3. The van der Waals surface area contributed by atoms with Gasteiger partial charge in [0.15, 0.2) is 0 Å². The number of aromatic amines is 1. The summed E-state index contributed by atoms with van der Waals surface area (Å²) in [5, 5.41) is 2.44. The zero-order chi connectivity index (χ0) is 17.3. The maximum Gasteiger partial charge on any atom is 0.354 e. The van der Waals surface area contributed by atoms with Crippen LogP contribution in [0.5, 0.6) is 0 Å². The molecule has 126 valence electrons. The minimum atomic E-state index is -3.67. The van der Waals surface area contributed by atoms with Gasteiger partial charge in [-0.15, -0.1) is 11.3 Å². The van der Waals surface area contributed by atoms with Gasteiger partial charge in [0.05, 0.1) is 17.8 Å². The molecule has 0 unspecified atom stereocenters. The third kappa shape index (κ3) is 3.15. The van der Waals surface area contributed by atoms with E-state index in [-0.39, 0.29) is 16.5 Å². The Morgan fingerprint density at radius 3 is 2.79 bits per heavy atom. The summed E-state index contributed by atoms with van der Waals surface area (Å²) in [4.78, 5) is 14.8. The molecule has 0 saturated carbocycles. The lowest BCUT2D eigenvalue weighted by atomic mass is 10.1. The van der Waals surface area contributed by atoms with Gasteiger partial charge >= 0.3 is 5.97 Å². The number of aromatic nitrogens is 1. The van der Waals surface area contributed by atoms with Crippen LogP contribution in [0, 0.1) is 6.92 Å². The number of H-pyrrole nitrogens is 1. The summed E-state index contributed by atoms with van der Waals surface area (Å²) in [7, 11) is -3.67. The summed E-state index contributed by atoms with van der Waals surface area (Å²) in [5.74, 6) is -0.474. The molecule has 2 heterocycles. The van der Waals surface area contributed by atoms with Gasteiger partial charge in [-0.25, -0.2) is 13.2 Å². The molecule has 0 atom stereocenters. The third-order valence-electron chi connectivity index (χ3n) is 3.37. The summed E-state index contributed by atoms with van der Waals surface area (Å²) in [6.45, 7) is 3.86. The second kappa shape index (κ2) is 6.29. The second-order valence-corrected chi connectivity index (χ2v) is 8.07. The van der Waals surface area contributed by atoms with Crippen LogP contribution in [0.4, 0.5) is 5.69 Å². The molecule has 0 saturated heterocycles. The van der Waals surface area contributed by atoms with Crippen LogP contribution in [-0.2, 0) is 14.8 Å². The first-order valence-electron chi connectivity index (χ1n) is 7.27. The average Bonchev–Trinajstić information content (AvgIpc) is 3.16. The van der Waals surface area contributed by atoms with E-state index < -0.39 is 16.0 Å². The highest BCUT2D eigenvalue weighted by Crippen LogP contribution is 2.29. The average molecular weight is 364 g/mol. The molecular weight excluding hydrogens is 348 g/mol. The number of aryl methyl sites for hydroxylation is 1. The first-order valence-corrected chi connectivity index (χ1v) is 9.64. The van der Waals surface area contributed by atoms with E-state index in [0.717, 1.165) is 22.3 Å². The van der Waals surface area contributed by atoms with Crippen molar-refractivity contribution in [3.8, 4) is 0 Å². The van der Waals surface area contributed by atoms with E-state index in [9.17, 15) is 13.2 Å². The number of hydrogen-bond acceptors (Lipinski definition) is 5. The minimum absolute atomic E-state index is 0.231. The quantitative estimate of drug-likeness (QED) is 0.678. The van der Waals surface area contributed by atoms with Gasteiger partial charge in [-0.05, 0) is 49.1 Å². The largest absolute Gasteiger partial charge is 0.461 e. The lowest BCUT2D eigenvalue weighted by Gasteiger charge is -2.08. The Hall–Kier alpha value is -2.32. The monoisotopic (exact) mass is 364 g/mol. The van der Waals surface area contributed by atoms with E-state index in [1.807, 2.05) is 13.0 Å². The molecule has 24 heavy (non-hydrogen) atoms. The number of carbonyl (C=O) groups is 1. The number of esters is 1. The Kier molecular flexibility index (Phi) is 4.33. The van der Waals surface area contributed by atoms with E-state index >= 15 is 0 Å². The van der Waals surface area contributed by atoms with E-state index in [4.69, 9.17) is 4.74 Å². The Bertz CT molecular complexity index is 989. The molecule has 0 aliphatic carbocycles. The second-order valence-electron chi connectivity index (χ2n) is 5.22. The Balaban J connectivity index is 2.06. The molecule has 8 heteroatoms. The molecule has 0 fully saturated rings. The van der Waals surface area contributed by atoms with Crippen molar-refractivity contribution in [2.75, 3.05) is 11.3 Å². The van der Waals surface area contributed by atoms with Gasteiger partial charge in [0.1, 0.15) is 9.90 Å². The Morgan fingerprint density at radius 2 is 2.12 bits per heavy atom. The van der Waals surface area contributed by atoms with Crippen molar-refractivity contribution in [2.45, 2.75) is 18.1 Å². The van der Waals surface area contributed by atoms with E-state index in [1.54, 1.807) is 36.6 Å². The summed E-state index contributed by atoms with van der Waals surface area (Å²) < 4.78 is 32.7. The van der Waals surface area contributed by atoms with Crippen molar-refractivity contribution in [3.05, 3.63) is 47.0 Å². The molecule has 0 bridgehead atoms. The normalized spacial score (nSPS) is 11.6. The van der Waals surface area contributed by atoms with Crippen LogP contribution >= 0.6 is 11.3 Å². The van der Waals surface area contributed by atoms with Crippen molar-refractivity contribution in [3.63, 3.8) is 0 Å². The van der Waals surface area contributed by atoms with Crippen LogP contribution in [0.15, 0.2) is 39.9 Å². The number of rotatable bonds is 5. The Morgan fingerprint density at radius 1 is 1.33 bits per heavy atom. The van der Waals surface area contributed by atoms with Crippen molar-refractivity contribution >= 4 is 43.9 Å². The molecule has 6 nitrogen and oxygen atoms in total. The smallest absolute Gasteiger partial charge is 0.354 e. The molecular formula is C16H16N2O4S2. The van der Waals surface area contributed by atoms with Crippen LogP contribution < -0.4 is 4.72 Å². The molecule has 2 N–H and O–H groups in total. The van der Waals surface area contributed by atoms with Crippen molar-refractivity contribution in [1.82, 2.24) is 4.98 Å². The number of hydrogen-bond donors (Lipinski definition) is 2. The summed E-state index contributed by atoms with van der Waals surface area (Å²) in [6.07, 6.45) is 0. The van der Waals surface area contributed by atoms with Gasteiger partial charge in [-0.2, -0.15) is 0 Å². The topological polar surface area (TPSA) is 88.3 Å². The molecule has 0 aliphatic rings. The van der Waals surface area contributed by atoms with E-state index in [0.29, 0.717) is 11.2 Å². The molecule has 0 aliphatic heterocycles. The van der Waals surface area contributed by atoms with E-state index in [1.165, 1.54) is 0 Å². The molecule has 0 amide bonds. The fourth-order valence-electron chi connectivity index (χ4n) is 2.40. The van der Waals surface area contributed by atoms with Gasteiger partial charge in [-0.3, -0.25) is 4.72 Å². The Labute approximate surface area is 143 Å². The first-order chi connectivity index (χ1) is 11.4. The van der Waals surface area contributed by atoms with Crippen molar-refractivity contribution in [1.29, 1.82) is 0 Å². The number of thiophene rings is 1. The van der Waals surface area contributed by atoms with Gasteiger partial charge in [0, 0.05) is 5.39 Å². The van der Waals surface area contributed by atoms with Crippen molar-refractivity contribution < 1.29 is 17.9 Å². The molecule has 1 aromatic carbocycles. The van der Waals surface area contributed by atoms with Crippen LogP contribution in [-0.4, -0.2) is 26.0 Å². The predicted octanol–water partition coefficient (Wildman–Crippen LogP) is 3.52. The highest BCUT2D eigenvalue weighted by Gasteiger charge is 2.19. The van der Waals surface area contributed by atoms with Gasteiger partial charge in [-0.1, -0.05) is 6.07 Å². The number of carbonyl (C=O) groups excluding carboxylic acids is 1. The van der Waals surface area contributed by atoms with Crippen LogP contribution in [0.2, 0.25) is 0 Å². The predicted molar refractivity (Wildman–Crippen MR) is 94.1 cm³/mol. The number of sulfonamides is 1. The SMILES string of the molecule is CCOC(=O)c1cc2cc(C)cc(NS(=O)(=O)c3cccs3)c2[nH]1. The fraction of sp³-hybridized carbons (Fsp3) is 0.188. The highest BCUT2D eigenvalue weighted by molar-refractivity contribution is 7.94. The zero-order valence-electron chi connectivity index (χ0n) is 13.1. The van der Waals surface area contributed by atoms with Gasteiger partial charge in [0.25, 0.3) is 10.0 Å². The third-order valence-corrected chi connectivity index (χ3v) is 6.14. The maximum atomic E-state index is 12.5. The van der Waals surface area contributed by atoms with Crippen LogP contribution in [0.3, 0.4) is 0 Å². The molecule has 3 aromatic rings. The summed E-state index contributed by atoms with van der Waals surface area (Å²) in [6, 6.07) is 8.47. The van der Waals surface area contributed by atoms with E-state index in [2.05, 4.69) is 9.71 Å². The number of fused-ring (bicyclic) bond motifs is 1. The highest BCUT2D eigenvalue weighted by atomic mass is 32.2.